The molecule has 1 amide bonds. The minimum absolute atomic E-state index is 0.0155. The van der Waals surface area contributed by atoms with Crippen molar-refractivity contribution in [1.29, 1.82) is 0 Å². The second kappa shape index (κ2) is 6.77. The van der Waals surface area contributed by atoms with Gasteiger partial charge in [0.15, 0.2) is 5.69 Å². The first-order valence-corrected chi connectivity index (χ1v) is 7.70. The van der Waals surface area contributed by atoms with Crippen molar-refractivity contribution in [1.82, 2.24) is 19.9 Å². The summed E-state index contributed by atoms with van der Waals surface area (Å²) in [5, 5.41) is 16.0. The van der Waals surface area contributed by atoms with E-state index < -0.39 is 5.97 Å². The molecular formula is C16H17FN4O3. The maximum absolute atomic E-state index is 13.3. The van der Waals surface area contributed by atoms with Crippen molar-refractivity contribution in [2.45, 2.75) is 31.8 Å². The Labute approximate surface area is 137 Å². The fourth-order valence-corrected chi connectivity index (χ4v) is 3.02. The van der Waals surface area contributed by atoms with E-state index in [1.54, 1.807) is 11.0 Å². The van der Waals surface area contributed by atoms with Crippen LogP contribution in [-0.4, -0.2) is 49.5 Å². The van der Waals surface area contributed by atoms with E-state index in [4.69, 9.17) is 5.11 Å². The average Bonchev–Trinajstić information content (AvgIpc) is 3.16. The SMILES string of the molecule is O=C(O)c1cn(CC(=O)N2CCCC2Cc2cccc(F)c2)nn1. The van der Waals surface area contributed by atoms with Crippen LogP contribution in [0.1, 0.15) is 28.9 Å². The minimum atomic E-state index is -1.18. The highest BCUT2D eigenvalue weighted by Crippen LogP contribution is 2.22. The summed E-state index contributed by atoms with van der Waals surface area (Å²) in [6.07, 6.45) is 3.59. The Morgan fingerprint density at radius 1 is 1.38 bits per heavy atom. The number of carboxylic acid groups (broad SMARTS) is 1. The number of carboxylic acids is 1. The van der Waals surface area contributed by atoms with Crippen molar-refractivity contribution in [3.63, 3.8) is 0 Å². The Bertz CT molecular complexity index is 761. The van der Waals surface area contributed by atoms with Gasteiger partial charge in [-0.2, -0.15) is 0 Å². The number of carbonyl (C=O) groups excluding carboxylic acids is 1. The number of hydrogen-bond acceptors (Lipinski definition) is 4. The number of rotatable bonds is 5. The molecule has 0 saturated carbocycles. The second-order valence-corrected chi connectivity index (χ2v) is 5.82. The number of aromatic carboxylic acids is 1. The van der Waals surface area contributed by atoms with Crippen LogP contribution < -0.4 is 0 Å². The molecule has 0 aliphatic carbocycles. The number of likely N-dealkylation sites (tertiary alicyclic amines) is 1. The van der Waals surface area contributed by atoms with Gasteiger partial charge in [-0.1, -0.05) is 17.3 Å². The number of aromatic nitrogens is 3. The molecule has 1 aromatic carbocycles. The van der Waals surface area contributed by atoms with Crippen LogP contribution in [0.3, 0.4) is 0 Å². The Morgan fingerprint density at radius 2 is 2.21 bits per heavy atom. The van der Waals surface area contributed by atoms with E-state index in [1.165, 1.54) is 23.0 Å². The summed E-state index contributed by atoms with van der Waals surface area (Å²) < 4.78 is 14.5. The zero-order valence-corrected chi connectivity index (χ0v) is 12.9. The molecule has 0 spiro atoms. The van der Waals surface area contributed by atoms with E-state index in [1.807, 2.05) is 6.07 Å². The van der Waals surface area contributed by atoms with Crippen molar-refractivity contribution < 1.29 is 19.1 Å². The summed E-state index contributed by atoms with van der Waals surface area (Å²) in [7, 11) is 0. The van der Waals surface area contributed by atoms with Crippen molar-refractivity contribution in [3.8, 4) is 0 Å². The summed E-state index contributed by atoms with van der Waals surface area (Å²) in [5.74, 6) is -1.61. The number of nitrogens with zero attached hydrogens (tertiary/aromatic N) is 4. The van der Waals surface area contributed by atoms with Gasteiger partial charge in [-0.3, -0.25) is 4.79 Å². The number of amides is 1. The van der Waals surface area contributed by atoms with Crippen molar-refractivity contribution in [2.24, 2.45) is 0 Å². The highest BCUT2D eigenvalue weighted by Gasteiger charge is 2.29. The zero-order chi connectivity index (χ0) is 17.1. The Kier molecular flexibility index (Phi) is 4.54. The van der Waals surface area contributed by atoms with Crippen LogP contribution in [0, 0.1) is 5.82 Å². The van der Waals surface area contributed by atoms with E-state index >= 15 is 0 Å². The third kappa shape index (κ3) is 3.58. The molecule has 1 N–H and O–H groups in total. The molecule has 1 saturated heterocycles. The summed E-state index contributed by atoms with van der Waals surface area (Å²) >= 11 is 0. The van der Waals surface area contributed by atoms with Gasteiger partial charge in [-0.15, -0.1) is 5.10 Å². The molecule has 1 unspecified atom stereocenters. The topological polar surface area (TPSA) is 88.3 Å². The quantitative estimate of drug-likeness (QED) is 0.893. The molecule has 7 nitrogen and oxygen atoms in total. The van der Waals surface area contributed by atoms with Gasteiger partial charge in [0.1, 0.15) is 12.4 Å². The first-order chi connectivity index (χ1) is 11.5. The van der Waals surface area contributed by atoms with Crippen LogP contribution in [0.5, 0.6) is 0 Å². The molecule has 1 aromatic heterocycles. The molecule has 0 bridgehead atoms. The molecule has 1 aliphatic heterocycles. The highest BCUT2D eigenvalue weighted by atomic mass is 19.1. The zero-order valence-electron chi connectivity index (χ0n) is 12.9. The summed E-state index contributed by atoms with van der Waals surface area (Å²) in [6, 6.07) is 6.40. The molecule has 2 heterocycles. The molecule has 3 rings (SSSR count). The van der Waals surface area contributed by atoms with Gasteiger partial charge in [-0.25, -0.2) is 13.9 Å². The van der Waals surface area contributed by atoms with Gasteiger partial charge in [0, 0.05) is 12.6 Å². The first-order valence-electron chi connectivity index (χ1n) is 7.70. The molecule has 1 aliphatic rings. The lowest BCUT2D eigenvalue weighted by Gasteiger charge is -2.24. The molecule has 1 fully saturated rings. The van der Waals surface area contributed by atoms with Gasteiger partial charge < -0.3 is 10.0 Å². The highest BCUT2D eigenvalue weighted by molar-refractivity contribution is 5.84. The van der Waals surface area contributed by atoms with Crippen LogP contribution in [0.2, 0.25) is 0 Å². The van der Waals surface area contributed by atoms with E-state index in [0.717, 1.165) is 18.4 Å². The van der Waals surface area contributed by atoms with Crippen LogP contribution >= 0.6 is 0 Å². The maximum atomic E-state index is 13.3. The van der Waals surface area contributed by atoms with Gasteiger partial charge >= 0.3 is 5.97 Å². The second-order valence-electron chi connectivity index (χ2n) is 5.82. The fraction of sp³-hybridized carbons (Fsp3) is 0.375. The third-order valence-corrected chi connectivity index (χ3v) is 4.11. The monoisotopic (exact) mass is 332 g/mol. The third-order valence-electron chi connectivity index (χ3n) is 4.11. The van der Waals surface area contributed by atoms with E-state index in [2.05, 4.69) is 10.3 Å². The lowest BCUT2D eigenvalue weighted by molar-refractivity contribution is -0.132. The lowest BCUT2D eigenvalue weighted by atomic mass is 10.0. The lowest BCUT2D eigenvalue weighted by Crippen LogP contribution is -2.39. The van der Waals surface area contributed by atoms with E-state index in [0.29, 0.717) is 13.0 Å². The van der Waals surface area contributed by atoms with Crippen molar-refractivity contribution >= 4 is 11.9 Å². The number of carbonyl (C=O) groups is 2. The van der Waals surface area contributed by atoms with E-state index in [-0.39, 0.29) is 30.0 Å². The normalized spacial score (nSPS) is 17.2. The fourth-order valence-electron chi connectivity index (χ4n) is 3.02. The van der Waals surface area contributed by atoms with Gasteiger partial charge in [-0.05, 0) is 37.0 Å². The standard InChI is InChI=1S/C16H17FN4O3/c17-12-4-1-3-11(7-12)8-13-5-2-6-21(13)15(22)10-20-9-14(16(23)24)18-19-20/h1,3-4,7,9,13H,2,5-6,8,10H2,(H,23,24). The van der Waals surface area contributed by atoms with Crippen LogP contribution in [-0.2, 0) is 17.8 Å². The first kappa shape index (κ1) is 16.1. The van der Waals surface area contributed by atoms with Crippen molar-refractivity contribution in [2.75, 3.05) is 6.54 Å². The number of halogens is 1. The average molecular weight is 332 g/mol. The maximum Gasteiger partial charge on any atom is 0.358 e. The van der Waals surface area contributed by atoms with Gasteiger partial charge in [0.2, 0.25) is 5.91 Å². The Balaban J connectivity index is 1.65. The van der Waals surface area contributed by atoms with Crippen LogP contribution in [0.15, 0.2) is 30.5 Å². The van der Waals surface area contributed by atoms with E-state index in [9.17, 15) is 14.0 Å². The Hall–Kier alpha value is -2.77. The van der Waals surface area contributed by atoms with Crippen LogP contribution in [0.25, 0.3) is 0 Å². The Morgan fingerprint density at radius 3 is 2.92 bits per heavy atom. The predicted octanol–water partition coefficient (Wildman–Crippen LogP) is 1.35. The molecule has 2 aromatic rings. The smallest absolute Gasteiger partial charge is 0.358 e. The molecule has 1 atom stereocenters. The minimum Gasteiger partial charge on any atom is -0.476 e. The summed E-state index contributed by atoms with van der Waals surface area (Å²) in [5.41, 5.74) is 0.661. The summed E-state index contributed by atoms with van der Waals surface area (Å²) in [4.78, 5) is 25.0. The largest absolute Gasteiger partial charge is 0.476 e. The molecule has 126 valence electrons. The number of hydrogen-bond donors (Lipinski definition) is 1. The van der Waals surface area contributed by atoms with Crippen molar-refractivity contribution in [3.05, 3.63) is 47.5 Å². The molecular weight excluding hydrogens is 315 g/mol. The number of benzene rings is 1. The molecule has 8 heteroatoms. The van der Waals surface area contributed by atoms with Gasteiger partial charge in [0.25, 0.3) is 0 Å². The molecule has 24 heavy (non-hydrogen) atoms. The van der Waals surface area contributed by atoms with Gasteiger partial charge in [0.05, 0.1) is 6.20 Å². The summed E-state index contributed by atoms with van der Waals surface area (Å²) in [6.45, 7) is 0.583. The molecule has 0 radical (unpaired) electrons. The predicted molar refractivity (Wildman–Crippen MR) is 81.8 cm³/mol. The van der Waals surface area contributed by atoms with Crippen LogP contribution in [0.4, 0.5) is 4.39 Å².